The van der Waals surface area contributed by atoms with E-state index in [1.807, 2.05) is 0 Å². The third-order valence-electron chi connectivity index (χ3n) is 5.20. The Balaban J connectivity index is 1.91. The molecule has 0 amide bonds. The Morgan fingerprint density at radius 3 is 2.65 bits per heavy atom. The molecular weight excluding hydrogens is 248 g/mol. The lowest BCUT2D eigenvalue weighted by atomic mass is 9.91. The summed E-state index contributed by atoms with van der Waals surface area (Å²) >= 11 is 0. The number of unbranched alkanes of at least 4 members (excludes halogenated alkanes) is 1. The van der Waals surface area contributed by atoms with E-state index in [0.717, 1.165) is 31.6 Å². The number of nitrogens with two attached hydrogens (primary N) is 1. The third kappa shape index (κ3) is 3.33. The molecule has 4 N–H and O–H groups in total. The zero-order valence-corrected chi connectivity index (χ0v) is 13.1. The Morgan fingerprint density at radius 2 is 1.95 bits per heavy atom. The highest BCUT2D eigenvalue weighted by atomic mass is 16.3. The minimum atomic E-state index is -0.412. The van der Waals surface area contributed by atoms with Crippen molar-refractivity contribution < 1.29 is 5.11 Å². The van der Waals surface area contributed by atoms with Crippen LogP contribution in [0.2, 0.25) is 0 Å². The Morgan fingerprint density at radius 1 is 1.25 bits per heavy atom. The molecule has 0 aromatic rings. The van der Waals surface area contributed by atoms with E-state index in [-0.39, 0.29) is 6.04 Å². The molecule has 1 fully saturated rings. The Kier molecular flexibility index (Phi) is 5.42. The monoisotopic (exact) mass is 278 g/mol. The Labute approximate surface area is 123 Å². The average Bonchev–Trinajstić information content (AvgIpc) is 2.64. The van der Waals surface area contributed by atoms with Crippen LogP contribution in [0.3, 0.4) is 0 Å². The molecule has 4 unspecified atom stereocenters. The number of hydrogen-bond donors (Lipinski definition) is 3. The van der Waals surface area contributed by atoms with E-state index in [2.05, 4.69) is 38.2 Å². The molecule has 0 spiro atoms. The van der Waals surface area contributed by atoms with Crippen molar-refractivity contribution in [3.8, 4) is 0 Å². The van der Waals surface area contributed by atoms with Gasteiger partial charge < -0.3 is 10.8 Å². The maximum Gasteiger partial charge on any atom is 0.105 e. The fraction of sp³-hybridized carbons (Fsp3) is 0.765. The van der Waals surface area contributed by atoms with Crippen molar-refractivity contribution in [1.82, 2.24) is 5.32 Å². The lowest BCUT2D eigenvalue weighted by Crippen LogP contribution is -2.38. The van der Waals surface area contributed by atoms with Gasteiger partial charge in [0, 0.05) is 6.04 Å². The zero-order chi connectivity index (χ0) is 14.7. The van der Waals surface area contributed by atoms with Gasteiger partial charge in [0.15, 0.2) is 0 Å². The van der Waals surface area contributed by atoms with Crippen molar-refractivity contribution in [2.75, 3.05) is 6.54 Å². The summed E-state index contributed by atoms with van der Waals surface area (Å²) in [5.41, 5.74) is 8.52. The summed E-state index contributed by atoms with van der Waals surface area (Å²) in [4.78, 5) is 0. The van der Waals surface area contributed by atoms with E-state index in [9.17, 15) is 5.11 Å². The largest absolute Gasteiger partial charge is 0.379 e. The van der Waals surface area contributed by atoms with Crippen LogP contribution in [0.15, 0.2) is 23.3 Å². The molecule has 0 saturated heterocycles. The number of rotatable bonds is 6. The molecule has 3 nitrogen and oxygen atoms in total. The molecule has 114 valence electrons. The van der Waals surface area contributed by atoms with Crippen molar-refractivity contribution in [2.45, 2.75) is 58.7 Å². The molecule has 0 aromatic carbocycles. The van der Waals surface area contributed by atoms with Crippen LogP contribution >= 0.6 is 0 Å². The van der Waals surface area contributed by atoms with Crippen LogP contribution in [0.25, 0.3) is 0 Å². The van der Waals surface area contributed by atoms with Crippen LogP contribution in [-0.4, -0.2) is 23.9 Å². The van der Waals surface area contributed by atoms with Gasteiger partial charge in [0.1, 0.15) is 6.23 Å². The number of allylic oxidation sites excluding steroid dienone is 2. The summed E-state index contributed by atoms with van der Waals surface area (Å²) in [6, 6.07) is 0.279. The summed E-state index contributed by atoms with van der Waals surface area (Å²) in [5.74, 6) is 2.03. The summed E-state index contributed by atoms with van der Waals surface area (Å²) in [7, 11) is 0. The molecular formula is C17H30N2O. The number of hydrogen-bond acceptors (Lipinski definition) is 3. The first-order chi connectivity index (χ1) is 9.54. The Hall–Kier alpha value is -0.640. The molecule has 2 aliphatic carbocycles. The van der Waals surface area contributed by atoms with Crippen LogP contribution in [0.1, 0.15) is 46.5 Å². The number of nitrogens with one attached hydrogen (secondary N) is 1. The van der Waals surface area contributed by atoms with Crippen molar-refractivity contribution in [3.05, 3.63) is 23.3 Å². The lowest BCUT2D eigenvalue weighted by Gasteiger charge is -2.24. The van der Waals surface area contributed by atoms with Crippen molar-refractivity contribution in [2.24, 2.45) is 23.5 Å². The first-order valence-corrected chi connectivity index (χ1v) is 8.11. The number of fused-ring (bicyclic) bond motifs is 1. The van der Waals surface area contributed by atoms with Gasteiger partial charge in [-0.15, -0.1) is 0 Å². The molecule has 0 bridgehead atoms. The van der Waals surface area contributed by atoms with Gasteiger partial charge in [0.25, 0.3) is 0 Å². The van der Waals surface area contributed by atoms with E-state index in [1.54, 1.807) is 5.57 Å². The van der Waals surface area contributed by atoms with Gasteiger partial charge in [0.05, 0.1) is 0 Å². The second-order valence-corrected chi connectivity index (χ2v) is 6.53. The average molecular weight is 278 g/mol. The molecule has 0 heterocycles. The predicted octanol–water partition coefficient (Wildman–Crippen LogP) is 2.57. The maximum atomic E-state index is 10.0. The van der Waals surface area contributed by atoms with Gasteiger partial charge in [-0.3, -0.25) is 5.32 Å². The molecule has 3 heteroatoms. The van der Waals surface area contributed by atoms with Gasteiger partial charge >= 0.3 is 0 Å². The van der Waals surface area contributed by atoms with Crippen LogP contribution in [0, 0.1) is 17.8 Å². The number of aliphatic hydroxyl groups is 1. The molecule has 5 atom stereocenters. The molecule has 20 heavy (non-hydrogen) atoms. The van der Waals surface area contributed by atoms with Crippen molar-refractivity contribution >= 4 is 0 Å². The van der Waals surface area contributed by atoms with Gasteiger partial charge in [0.2, 0.25) is 0 Å². The van der Waals surface area contributed by atoms with E-state index < -0.39 is 6.23 Å². The van der Waals surface area contributed by atoms with E-state index in [4.69, 9.17) is 5.73 Å². The standard InChI is InChI=1S/C17H30N2O/c1-11-12(2)15-8-7-14(10-16(15)13(11)3)19-17(20)6-4-5-9-18/h8,10-14,17,19-20H,4-7,9,18H2,1-3H3/t11?,12?,13?,14-,17?/m1/s1. The summed E-state index contributed by atoms with van der Waals surface area (Å²) in [5, 5.41) is 13.4. The molecule has 0 aliphatic heterocycles. The summed E-state index contributed by atoms with van der Waals surface area (Å²) < 4.78 is 0. The van der Waals surface area contributed by atoms with E-state index in [1.165, 1.54) is 5.57 Å². The fourth-order valence-electron chi connectivity index (χ4n) is 3.54. The SMILES string of the molecule is CC1C2=CC[C@@H](NC(O)CCCCN)C=C2C(C)C1C. The van der Waals surface area contributed by atoms with E-state index in [0.29, 0.717) is 18.4 Å². The fourth-order valence-corrected chi connectivity index (χ4v) is 3.54. The molecule has 2 aliphatic rings. The Bertz CT molecular complexity index is 388. The molecule has 2 rings (SSSR count). The second kappa shape index (κ2) is 6.88. The van der Waals surface area contributed by atoms with Gasteiger partial charge in [-0.05, 0) is 61.1 Å². The van der Waals surface area contributed by atoms with Gasteiger partial charge in [-0.1, -0.05) is 32.9 Å². The van der Waals surface area contributed by atoms with Crippen LogP contribution in [0.4, 0.5) is 0 Å². The van der Waals surface area contributed by atoms with Crippen LogP contribution < -0.4 is 11.1 Å². The third-order valence-corrected chi connectivity index (χ3v) is 5.20. The van der Waals surface area contributed by atoms with Crippen molar-refractivity contribution in [3.63, 3.8) is 0 Å². The minimum absolute atomic E-state index is 0.279. The molecule has 0 radical (unpaired) electrons. The zero-order valence-electron chi connectivity index (χ0n) is 13.1. The second-order valence-electron chi connectivity index (χ2n) is 6.53. The highest BCUT2D eigenvalue weighted by Crippen LogP contribution is 2.46. The summed E-state index contributed by atoms with van der Waals surface area (Å²) in [6.45, 7) is 7.72. The number of aliphatic hydroxyl groups excluding tert-OH is 1. The highest BCUT2D eigenvalue weighted by molar-refractivity contribution is 5.43. The van der Waals surface area contributed by atoms with Crippen LogP contribution in [0.5, 0.6) is 0 Å². The maximum absolute atomic E-state index is 10.0. The minimum Gasteiger partial charge on any atom is -0.379 e. The first-order valence-electron chi connectivity index (χ1n) is 8.11. The highest BCUT2D eigenvalue weighted by Gasteiger charge is 2.36. The topological polar surface area (TPSA) is 58.3 Å². The van der Waals surface area contributed by atoms with Crippen LogP contribution in [-0.2, 0) is 0 Å². The normalized spacial score (nSPS) is 34.5. The lowest BCUT2D eigenvalue weighted by molar-refractivity contribution is 0.116. The predicted molar refractivity (Wildman–Crippen MR) is 84.1 cm³/mol. The quantitative estimate of drug-likeness (QED) is 0.517. The molecule has 0 aromatic heterocycles. The summed E-state index contributed by atoms with van der Waals surface area (Å²) in [6.07, 6.45) is 8.08. The van der Waals surface area contributed by atoms with Gasteiger partial charge in [-0.2, -0.15) is 0 Å². The van der Waals surface area contributed by atoms with Gasteiger partial charge in [-0.25, -0.2) is 0 Å². The smallest absolute Gasteiger partial charge is 0.105 e. The van der Waals surface area contributed by atoms with Crippen molar-refractivity contribution in [1.29, 1.82) is 0 Å². The first kappa shape index (κ1) is 15.7. The van der Waals surface area contributed by atoms with E-state index >= 15 is 0 Å². The molecule has 1 saturated carbocycles.